The molecular formula is C16H13Br2N4OS+. The van der Waals surface area contributed by atoms with Gasteiger partial charge in [0.15, 0.2) is 5.69 Å². The van der Waals surface area contributed by atoms with Crippen molar-refractivity contribution in [1.82, 2.24) is 10.1 Å². The van der Waals surface area contributed by atoms with E-state index in [0.717, 1.165) is 25.5 Å². The highest BCUT2D eigenvalue weighted by atomic mass is 79.9. The fraction of sp³-hybridized carbons (Fsp3) is 0.0625. The number of nitrogens with one attached hydrogen (secondary N) is 2. The van der Waals surface area contributed by atoms with Gasteiger partial charge >= 0.3 is 5.16 Å². The van der Waals surface area contributed by atoms with E-state index in [0.29, 0.717) is 0 Å². The van der Waals surface area contributed by atoms with E-state index in [4.69, 9.17) is 0 Å². The topological polar surface area (TPSA) is 61.7 Å². The number of thioether (sulfide) groups is 1. The van der Waals surface area contributed by atoms with Crippen molar-refractivity contribution < 1.29 is 9.48 Å². The Bertz CT molecular complexity index is 854. The highest BCUT2D eigenvalue weighted by molar-refractivity contribution is 9.13. The first kappa shape index (κ1) is 17.2. The highest BCUT2D eigenvalue weighted by Gasteiger charge is 2.18. The fourth-order valence-corrected chi connectivity index (χ4v) is 3.39. The second kappa shape index (κ2) is 7.96. The highest BCUT2D eigenvalue weighted by Crippen LogP contribution is 2.26. The van der Waals surface area contributed by atoms with Crippen molar-refractivity contribution in [1.29, 1.82) is 0 Å². The third-order valence-electron chi connectivity index (χ3n) is 3.10. The van der Waals surface area contributed by atoms with E-state index >= 15 is 0 Å². The summed E-state index contributed by atoms with van der Waals surface area (Å²) in [6.45, 7) is 0. The number of benzene rings is 2. The van der Waals surface area contributed by atoms with Gasteiger partial charge in [-0.3, -0.25) is 4.79 Å². The van der Waals surface area contributed by atoms with Crippen LogP contribution >= 0.6 is 43.6 Å². The number of rotatable bonds is 5. The number of amides is 1. The lowest BCUT2D eigenvalue weighted by Gasteiger charge is -2.05. The van der Waals surface area contributed by atoms with Crippen molar-refractivity contribution in [2.45, 2.75) is 5.16 Å². The lowest BCUT2D eigenvalue weighted by Crippen LogP contribution is -2.35. The van der Waals surface area contributed by atoms with Crippen molar-refractivity contribution in [2.75, 3.05) is 11.1 Å². The molecule has 3 aromatic rings. The molecule has 0 radical (unpaired) electrons. The SMILES string of the molecule is O=C(CSc1nc[nH][n+]1-c1ccccc1)Nc1ccc(Br)c(Br)c1. The molecule has 2 aromatic carbocycles. The van der Waals surface area contributed by atoms with Crippen LogP contribution in [0.4, 0.5) is 5.69 Å². The lowest BCUT2D eigenvalue weighted by atomic mass is 10.3. The van der Waals surface area contributed by atoms with Gasteiger partial charge < -0.3 is 5.32 Å². The number of hydrogen-bond donors (Lipinski definition) is 2. The minimum absolute atomic E-state index is 0.0863. The van der Waals surface area contributed by atoms with Crippen molar-refractivity contribution in [3.63, 3.8) is 0 Å². The van der Waals surface area contributed by atoms with Gasteiger partial charge in [-0.2, -0.15) is 5.10 Å². The molecule has 1 heterocycles. The van der Waals surface area contributed by atoms with Gasteiger partial charge in [-0.05, 0) is 78.9 Å². The molecule has 5 nitrogen and oxygen atoms in total. The van der Waals surface area contributed by atoms with Crippen LogP contribution in [0.1, 0.15) is 0 Å². The molecule has 0 bridgehead atoms. The van der Waals surface area contributed by atoms with E-state index in [1.54, 1.807) is 6.33 Å². The standard InChI is InChI=1S/C16H12Br2N4OS/c17-13-7-6-11(8-14(13)18)21-15(23)9-24-16-19-10-20-22(16)12-4-2-1-3-5-12/h1-8,10H,9H2,(H,21,23)/p+1. The first-order chi connectivity index (χ1) is 11.6. The lowest BCUT2D eigenvalue weighted by molar-refractivity contribution is -0.694. The molecule has 2 N–H and O–H groups in total. The Hall–Kier alpha value is -1.64. The number of hydrogen-bond acceptors (Lipinski definition) is 3. The summed E-state index contributed by atoms with van der Waals surface area (Å²) in [7, 11) is 0. The number of anilines is 1. The molecule has 8 heteroatoms. The molecule has 3 rings (SSSR count). The summed E-state index contributed by atoms with van der Waals surface area (Å²) in [5.41, 5.74) is 1.71. The fourth-order valence-electron chi connectivity index (χ4n) is 2.02. The Balaban J connectivity index is 1.63. The molecule has 0 saturated carbocycles. The number of aromatic amines is 1. The number of aromatic nitrogens is 3. The van der Waals surface area contributed by atoms with Crippen molar-refractivity contribution >= 4 is 55.2 Å². The van der Waals surface area contributed by atoms with Crippen LogP contribution in [-0.2, 0) is 4.79 Å². The molecule has 0 spiro atoms. The zero-order valence-electron chi connectivity index (χ0n) is 12.4. The monoisotopic (exact) mass is 467 g/mol. The van der Waals surface area contributed by atoms with E-state index in [2.05, 4.69) is 47.3 Å². The van der Waals surface area contributed by atoms with Gasteiger partial charge in [-0.1, -0.05) is 18.2 Å². The van der Waals surface area contributed by atoms with Gasteiger partial charge in [0, 0.05) is 14.6 Å². The van der Waals surface area contributed by atoms with Gasteiger partial charge in [-0.25, -0.2) is 0 Å². The smallest absolute Gasteiger partial charge is 0.325 e. The summed E-state index contributed by atoms with van der Waals surface area (Å²) in [5, 5.41) is 6.65. The Kier molecular flexibility index (Phi) is 5.70. The van der Waals surface area contributed by atoms with Crippen LogP contribution in [0.25, 0.3) is 5.69 Å². The summed E-state index contributed by atoms with van der Waals surface area (Å²) in [6.07, 6.45) is 1.61. The summed E-state index contributed by atoms with van der Waals surface area (Å²) < 4.78 is 3.67. The molecule has 1 aromatic heterocycles. The molecule has 24 heavy (non-hydrogen) atoms. The van der Waals surface area contributed by atoms with Crippen LogP contribution in [-0.4, -0.2) is 21.7 Å². The number of nitrogens with zero attached hydrogens (tertiary/aromatic N) is 2. The van der Waals surface area contributed by atoms with E-state index in [9.17, 15) is 4.79 Å². The van der Waals surface area contributed by atoms with Gasteiger partial charge in [0.1, 0.15) is 0 Å². The van der Waals surface area contributed by atoms with Crippen molar-refractivity contribution in [3.05, 3.63) is 63.8 Å². The first-order valence-corrected chi connectivity index (χ1v) is 9.59. The van der Waals surface area contributed by atoms with E-state index in [-0.39, 0.29) is 11.7 Å². The van der Waals surface area contributed by atoms with Gasteiger partial charge in [0.25, 0.3) is 0 Å². The van der Waals surface area contributed by atoms with Gasteiger partial charge in [0.2, 0.25) is 12.2 Å². The van der Waals surface area contributed by atoms with Crippen LogP contribution in [0.3, 0.4) is 0 Å². The minimum atomic E-state index is -0.0863. The van der Waals surface area contributed by atoms with Crippen LogP contribution in [0, 0.1) is 0 Å². The number of para-hydroxylation sites is 1. The molecule has 0 unspecified atom stereocenters. The Morgan fingerprint density at radius 2 is 1.96 bits per heavy atom. The summed E-state index contributed by atoms with van der Waals surface area (Å²) >= 11 is 8.20. The Morgan fingerprint density at radius 3 is 2.71 bits per heavy atom. The molecule has 122 valence electrons. The maximum Gasteiger partial charge on any atom is 0.385 e. The summed E-state index contributed by atoms with van der Waals surface area (Å²) in [4.78, 5) is 16.4. The molecule has 0 aliphatic heterocycles. The first-order valence-electron chi connectivity index (χ1n) is 7.02. The number of halogens is 2. The minimum Gasteiger partial charge on any atom is -0.325 e. The average molecular weight is 469 g/mol. The number of carbonyl (C=O) groups is 1. The maximum absolute atomic E-state index is 12.1. The van der Waals surface area contributed by atoms with E-state index < -0.39 is 0 Å². The molecule has 0 aliphatic carbocycles. The second-order valence-corrected chi connectivity index (χ2v) is 7.46. The zero-order valence-corrected chi connectivity index (χ0v) is 16.4. The molecule has 0 fully saturated rings. The molecule has 0 saturated heterocycles. The Labute approximate surface area is 160 Å². The quantitative estimate of drug-likeness (QED) is 0.440. The molecule has 0 aliphatic rings. The predicted octanol–water partition coefficient (Wildman–Crippen LogP) is 3.94. The number of carbonyl (C=O) groups excluding carboxylic acids is 1. The van der Waals surface area contributed by atoms with Crippen molar-refractivity contribution in [2.24, 2.45) is 0 Å². The van der Waals surface area contributed by atoms with Gasteiger partial charge in [-0.15, -0.1) is 4.68 Å². The second-order valence-electron chi connectivity index (χ2n) is 4.81. The maximum atomic E-state index is 12.1. The normalized spacial score (nSPS) is 10.6. The largest absolute Gasteiger partial charge is 0.385 e. The number of H-pyrrole nitrogens is 1. The third kappa shape index (κ3) is 4.25. The van der Waals surface area contributed by atoms with Crippen molar-refractivity contribution in [3.8, 4) is 5.69 Å². The van der Waals surface area contributed by atoms with Crippen LogP contribution < -0.4 is 10.00 Å². The molecule has 1 amide bonds. The average Bonchev–Trinajstić information content (AvgIpc) is 3.06. The van der Waals surface area contributed by atoms with Gasteiger partial charge in [0.05, 0.1) is 5.75 Å². The molecular weight excluding hydrogens is 456 g/mol. The third-order valence-corrected chi connectivity index (χ3v) is 5.94. The van der Waals surface area contributed by atoms with Crippen LogP contribution in [0.15, 0.2) is 69.0 Å². The van der Waals surface area contributed by atoms with Crippen LogP contribution in [0.5, 0.6) is 0 Å². The molecule has 0 atom stereocenters. The van der Waals surface area contributed by atoms with E-state index in [1.165, 1.54) is 11.8 Å². The van der Waals surface area contributed by atoms with Crippen LogP contribution in [0.2, 0.25) is 0 Å². The summed E-state index contributed by atoms with van der Waals surface area (Å²) in [6, 6.07) is 15.4. The zero-order chi connectivity index (χ0) is 16.9. The predicted molar refractivity (Wildman–Crippen MR) is 101 cm³/mol. The van der Waals surface area contributed by atoms with E-state index in [1.807, 2.05) is 53.2 Å². The summed E-state index contributed by atoms with van der Waals surface area (Å²) in [5.74, 6) is 0.183. The Morgan fingerprint density at radius 1 is 1.17 bits per heavy atom.